The molecule has 7 nitrogen and oxygen atoms in total. The number of halogens is 1. The van der Waals surface area contributed by atoms with E-state index in [4.69, 9.17) is 4.42 Å². The molecule has 0 radical (unpaired) electrons. The van der Waals surface area contributed by atoms with E-state index >= 15 is 0 Å². The Morgan fingerprint density at radius 2 is 2.04 bits per heavy atom. The number of sulfonamides is 1. The highest BCUT2D eigenvalue weighted by atomic mass is 32.2. The van der Waals surface area contributed by atoms with E-state index in [0.717, 1.165) is 24.2 Å². The van der Waals surface area contributed by atoms with Gasteiger partial charge in [0.05, 0.1) is 5.75 Å². The van der Waals surface area contributed by atoms with Gasteiger partial charge in [-0.05, 0) is 24.1 Å². The average molecular weight is 404 g/mol. The number of aryl methyl sites for hydroxylation is 1. The molecule has 28 heavy (non-hydrogen) atoms. The molecule has 2 aromatic heterocycles. The largest absolute Gasteiger partial charge is 0.451 e. The van der Waals surface area contributed by atoms with Crippen LogP contribution in [0.1, 0.15) is 30.2 Å². The van der Waals surface area contributed by atoms with Gasteiger partial charge in [-0.2, -0.15) is 9.40 Å². The van der Waals surface area contributed by atoms with Crippen molar-refractivity contribution in [2.45, 2.75) is 38.6 Å². The summed E-state index contributed by atoms with van der Waals surface area (Å²) < 4.78 is 47.5. The van der Waals surface area contributed by atoms with E-state index in [1.165, 1.54) is 41.2 Å². The number of hydrogen-bond acceptors (Lipinski definition) is 5. The predicted octanol–water partition coefficient (Wildman–Crippen LogP) is 2.98. The quantitative estimate of drug-likeness (QED) is 0.631. The zero-order chi connectivity index (χ0) is 19.7. The topological polar surface area (TPSA) is 81.2 Å². The lowest BCUT2D eigenvalue weighted by Gasteiger charge is -2.27. The second kappa shape index (κ2) is 7.48. The van der Waals surface area contributed by atoms with Gasteiger partial charge in [-0.3, -0.25) is 4.68 Å². The van der Waals surface area contributed by atoms with Crippen LogP contribution in [0.5, 0.6) is 0 Å². The molecule has 4 rings (SSSR count). The number of nitrogens with zero attached hydrogens (tertiary/aromatic N) is 4. The van der Waals surface area contributed by atoms with Crippen LogP contribution in [0.4, 0.5) is 4.39 Å². The van der Waals surface area contributed by atoms with Gasteiger partial charge < -0.3 is 4.42 Å². The predicted molar refractivity (Wildman–Crippen MR) is 101 cm³/mol. The van der Waals surface area contributed by atoms with Crippen molar-refractivity contribution in [1.82, 2.24) is 19.1 Å². The standard InChI is InChI=1S/C19H21FN4O3S/c1-2-8-24-18-7-9-23(10-16(18)19(22-24)17-11-27-13-21-17)28(25,26)12-14-3-5-15(20)6-4-14/h3-6,11,13H,2,7-10,12H2,1H3. The van der Waals surface area contributed by atoms with Gasteiger partial charge in [-0.15, -0.1) is 0 Å². The van der Waals surface area contributed by atoms with Gasteiger partial charge in [0, 0.05) is 37.3 Å². The first-order chi connectivity index (χ1) is 13.5. The Balaban J connectivity index is 1.64. The van der Waals surface area contributed by atoms with Crippen LogP contribution in [-0.2, 0) is 35.3 Å². The fourth-order valence-electron chi connectivity index (χ4n) is 3.52. The van der Waals surface area contributed by atoms with E-state index in [-0.39, 0.29) is 18.1 Å². The third-order valence-electron chi connectivity index (χ3n) is 4.87. The van der Waals surface area contributed by atoms with E-state index in [1.807, 2.05) is 4.68 Å². The normalized spacial score (nSPS) is 14.9. The van der Waals surface area contributed by atoms with Crippen LogP contribution >= 0.6 is 0 Å². The van der Waals surface area contributed by atoms with Gasteiger partial charge in [0.2, 0.25) is 10.0 Å². The summed E-state index contributed by atoms with van der Waals surface area (Å²) in [6.45, 7) is 3.48. The van der Waals surface area contributed by atoms with Crippen LogP contribution < -0.4 is 0 Å². The summed E-state index contributed by atoms with van der Waals surface area (Å²) in [7, 11) is -3.55. The molecule has 0 aliphatic carbocycles. The maximum absolute atomic E-state index is 13.1. The Morgan fingerprint density at radius 3 is 2.71 bits per heavy atom. The smallest absolute Gasteiger partial charge is 0.218 e. The van der Waals surface area contributed by atoms with Crippen molar-refractivity contribution in [2.24, 2.45) is 0 Å². The lowest BCUT2D eigenvalue weighted by atomic mass is 10.1. The molecular weight excluding hydrogens is 383 g/mol. The Morgan fingerprint density at radius 1 is 1.25 bits per heavy atom. The molecule has 0 saturated heterocycles. The van der Waals surface area contributed by atoms with Gasteiger partial charge in [-0.25, -0.2) is 17.8 Å². The Bertz CT molecular complexity index is 1060. The fourth-order valence-corrected chi connectivity index (χ4v) is 5.01. The Labute approximate surface area is 162 Å². The van der Waals surface area contributed by atoms with Crippen LogP contribution in [0, 0.1) is 5.82 Å². The van der Waals surface area contributed by atoms with Crippen molar-refractivity contribution < 1.29 is 17.2 Å². The van der Waals surface area contributed by atoms with Gasteiger partial charge >= 0.3 is 0 Å². The molecule has 3 aromatic rings. The number of aromatic nitrogens is 3. The lowest BCUT2D eigenvalue weighted by molar-refractivity contribution is 0.382. The summed E-state index contributed by atoms with van der Waals surface area (Å²) in [4.78, 5) is 4.19. The van der Waals surface area contributed by atoms with Crippen molar-refractivity contribution in [1.29, 1.82) is 0 Å². The van der Waals surface area contributed by atoms with E-state index in [1.54, 1.807) is 0 Å². The maximum atomic E-state index is 13.1. The zero-order valence-electron chi connectivity index (χ0n) is 15.5. The van der Waals surface area contributed by atoms with Crippen molar-refractivity contribution in [3.63, 3.8) is 0 Å². The summed E-state index contributed by atoms with van der Waals surface area (Å²) in [5, 5.41) is 4.67. The van der Waals surface area contributed by atoms with Gasteiger partial charge in [-0.1, -0.05) is 19.1 Å². The highest BCUT2D eigenvalue weighted by Gasteiger charge is 2.32. The fraction of sp³-hybridized carbons (Fsp3) is 0.368. The molecule has 3 heterocycles. The number of hydrogen-bond donors (Lipinski definition) is 0. The molecular formula is C19H21FN4O3S. The SMILES string of the molecule is CCCn1nc(-c2cocn2)c2c1CCN(S(=O)(=O)Cc1ccc(F)cc1)C2. The second-order valence-corrected chi connectivity index (χ2v) is 8.81. The van der Waals surface area contributed by atoms with Crippen LogP contribution in [0.25, 0.3) is 11.4 Å². The van der Waals surface area contributed by atoms with E-state index in [0.29, 0.717) is 29.9 Å². The first-order valence-electron chi connectivity index (χ1n) is 9.17. The molecule has 0 fully saturated rings. The van der Waals surface area contributed by atoms with Gasteiger partial charge in [0.1, 0.15) is 23.5 Å². The molecule has 0 bridgehead atoms. The monoisotopic (exact) mass is 404 g/mol. The molecule has 0 unspecified atom stereocenters. The molecule has 148 valence electrons. The van der Waals surface area contributed by atoms with Crippen LogP contribution in [-0.4, -0.2) is 34.0 Å². The minimum Gasteiger partial charge on any atom is -0.451 e. The minimum atomic E-state index is -3.55. The highest BCUT2D eigenvalue weighted by molar-refractivity contribution is 7.88. The summed E-state index contributed by atoms with van der Waals surface area (Å²) in [6.07, 6.45) is 4.37. The number of benzene rings is 1. The maximum Gasteiger partial charge on any atom is 0.218 e. The highest BCUT2D eigenvalue weighted by Crippen LogP contribution is 2.31. The molecule has 0 atom stereocenters. The summed E-state index contributed by atoms with van der Waals surface area (Å²) >= 11 is 0. The third kappa shape index (κ3) is 3.59. The first kappa shape index (κ1) is 18.8. The zero-order valence-corrected chi connectivity index (χ0v) is 16.3. The van der Waals surface area contributed by atoms with Gasteiger partial charge in [0.25, 0.3) is 0 Å². The summed E-state index contributed by atoms with van der Waals surface area (Å²) in [5.41, 5.74) is 3.75. The molecule has 0 amide bonds. The van der Waals surface area contributed by atoms with Crippen molar-refractivity contribution in [2.75, 3.05) is 6.54 Å². The molecule has 9 heteroatoms. The first-order valence-corrected chi connectivity index (χ1v) is 10.8. The van der Waals surface area contributed by atoms with Crippen LogP contribution in [0.2, 0.25) is 0 Å². The van der Waals surface area contributed by atoms with E-state index in [2.05, 4.69) is 17.0 Å². The molecule has 0 spiro atoms. The summed E-state index contributed by atoms with van der Waals surface area (Å²) in [6, 6.07) is 5.55. The summed E-state index contributed by atoms with van der Waals surface area (Å²) in [5.74, 6) is -0.547. The number of oxazole rings is 1. The van der Waals surface area contributed by atoms with Crippen LogP contribution in [0.3, 0.4) is 0 Å². The van der Waals surface area contributed by atoms with Gasteiger partial charge in [0.15, 0.2) is 6.39 Å². The second-order valence-electron chi connectivity index (χ2n) is 6.84. The molecule has 1 aliphatic rings. The Hall–Kier alpha value is -2.52. The molecule has 0 saturated carbocycles. The number of rotatable bonds is 6. The minimum absolute atomic E-state index is 0.162. The lowest BCUT2D eigenvalue weighted by Crippen LogP contribution is -2.37. The molecule has 0 N–H and O–H groups in total. The molecule has 1 aliphatic heterocycles. The van der Waals surface area contributed by atoms with E-state index in [9.17, 15) is 12.8 Å². The number of fused-ring (bicyclic) bond motifs is 1. The average Bonchev–Trinajstić information content (AvgIpc) is 3.32. The Kier molecular flexibility index (Phi) is 5.03. The third-order valence-corrected chi connectivity index (χ3v) is 6.66. The van der Waals surface area contributed by atoms with Crippen molar-refractivity contribution in [3.8, 4) is 11.4 Å². The van der Waals surface area contributed by atoms with E-state index < -0.39 is 10.0 Å². The van der Waals surface area contributed by atoms with Crippen LogP contribution in [0.15, 0.2) is 41.3 Å². The van der Waals surface area contributed by atoms with Crippen molar-refractivity contribution in [3.05, 3.63) is 59.6 Å². The van der Waals surface area contributed by atoms with Crippen molar-refractivity contribution >= 4 is 10.0 Å². The molecule has 1 aromatic carbocycles.